The Morgan fingerprint density at radius 3 is 2.50 bits per heavy atom. The molecule has 2 bridgehead atoms. The van der Waals surface area contributed by atoms with Crippen molar-refractivity contribution in [3.05, 3.63) is 96.0 Å². The van der Waals surface area contributed by atoms with Crippen LogP contribution < -0.4 is 0 Å². The van der Waals surface area contributed by atoms with Crippen molar-refractivity contribution < 1.29 is 9.53 Å². The zero-order valence-electron chi connectivity index (χ0n) is 18.7. The summed E-state index contributed by atoms with van der Waals surface area (Å²) in [5.41, 5.74) is 8.11. The van der Waals surface area contributed by atoms with Crippen LogP contribution in [-0.4, -0.2) is 44.3 Å². The van der Waals surface area contributed by atoms with Crippen LogP contribution in [0.3, 0.4) is 0 Å². The van der Waals surface area contributed by atoms with Crippen LogP contribution in [0, 0.1) is 0 Å². The zero-order chi connectivity index (χ0) is 22.6. The Hall–Kier alpha value is -3.93. The predicted molar refractivity (Wildman–Crippen MR) is 129 cm³/mol. The molecule has 6 nitrogen and oxygen atoms in total. The van der Waals surface area contributed by atoms with Crippen LogP contribution in [-0.2, 0) is 4.74 Å². The summed E-state index contributed by atoms with van der Waals surface area (Å²) in [6.45, 7) is 0.358. The van der Waals surface area contributed by atoms with Gasteiger partial charge in [0.15, 0.2) is 5.65 Å². The second-order valence-electron chi connectivity index (χ2n) is 9.35. The van der Waals surface area contributed by atoms with E-state index in [1.807, 2.05) is 23.4 Å². The summed E-state index contributed by atoms with van der Waals surface area (Å²) in [4.78, 5) is 19.8. The van der Waals surface area contributed by atoms with Gasteiger partial charge in [0.2, 0.25) is 0 Å². The van der Waals surface area contributed by atoms with Gasteiger partial charge in [-0.1, -0.05) is 54.6 Å². The van der Waals surface area contributed by atoms with E-state index in [9.17, 15) is 4.79 Å². The van der Waals surface area contributed by atoms with Crippen molar-refractivity contribution in [3.63, 3.8) is 0 Å². The highest BCUT2D eigenvalue weighted by molar-refractivity contribution is 5.81. The number of nitrogens with zero attached hydrogens (tertiary/aromatic N) is 4. The highest BCUT2D eigenvalue weighted by Crippen LogP contribution is 2.45. The molecule has 2 atom stereocenters. The normalized spacial score (nSPS) is 20.8. The summed E-state index contributed by atoms with van der Waals surface area (Å²) in [7, 11) is 0. The first-order chi connectivity index (χ1) is 16.8. The van der Waals surface area contributed by atoms with Crippen LogP contribution in [0.4, 0.5) is 4.79 Å². The molecule has 3 aliphatic rings. The summed E-state index contributed by atoms with van der Waals surface area (Å²) in [5, 5.41) is 4.44. The molecule has 34 heavy (non-hydrogen) atoms. The van der Waals surface area contributed by atoms with Crippen molar-refractivity contribution in [2.24, 2.45) is 0 Å². The summed E-state index contributed by atoms with van der Waals surface area (Å²) >= 11 is 0. The van der Waals surface area contributed by atoms with E-state index in [0.29, 0.717) is 6.61 Å². The Morgan fingerprint density at radius 2 is 1.74 bits per heavy atom. The maximum Gasteiger partial charge on any atom is 0.410 e. The molecule has 2 aliphatic heterocycles. The molecule has 0 radical (unpaired) electrons. The number of rotatable bonds is 3. The number of fused-ring (bicyclic) bond motifs is 6. The zero-order valence-corrected chi connectivity index (χ0v) is 18.7. The minimum absolute atomic E-state index is 0.0584. The number of benzene rings is 2. The average molecular weight is 449 g/mol. The van der Waals surface area contributed by atoms with E-state index in [1.165, 1.54) is 27.8 Å². The largest absolute Gasteiger partial charge is 0.448 e. The van der Waals surface area contributed by atoms with Gasteiger partial charge in [-0.25, -0.2) is 14.3 Å². The van der Waals surface area contributed by atoms with Gasteiger partial charge in [-0.2, -0.15) is 5.10 Å². The van der Waals surface area contributed by atoms with Crippen LogP contribution in [0.5, 0.6) is 0 Å². The molecular formula is C28H24N4O2. The van der Waals surface area contributed by atoms with Gasteiger partial charge < -0.3 is 4.74 Å². The molecule has 2 aromatic heterocycles. The standard InChI is InChI=1S/C28H24N4O2/c33-28(34-17-26-23-8-3-1-6-21(23)22-7-2-4-9-24(22)26)32-19-10-11-20(32)15-18(14-19)25-16-30-31-13-5-12-29-27(25)31/h1-9,12-14,16,19-20,26H,10-11,15,17H2. The SMILES string of the molecule is O=C(OCC1c2ccccc2-c2ccccc21)N1C2C=C(c3cnn4cccnc34)CC1CC2. The van der Waals surface area contributed by atoms with Crippen molar-refractivity contribution in [1.82, 2.24) is 19.5 Å². The van der Waals surface area contributed by atoms with Crippen LogP contribution in [0.15, 0.2) is 79.3 Å². The molecule has 6 heteroatoms. The Balaban J connectivity index is 1.12. The minimum Gasteiger partial charge on any atom is -0.448 e. The number of hydrogen-bond acceptors (Lipinski definition) is 4. The lowest BCUT2D eigenvalue weighted by Gasteiger charge is -2.33. The van der Waals surface area contributed by atoms with Gasteiger partial charge in [0.1, 0.15) is 6.61 Å². The molecule has 0 spiro atoms. The molecule has 168 valence electrons. The number of carbonyl (C=O) groups is 1. The third kappa shape index (κ3) is 2.91. The summed E-state index contributed by atoms with van der Waals surface area (Å²) in [6.07, 6.45) is 10.4. The van der Waals surface area contributed by atoms with Gasteiger partial charge in [-0.05, 0) is 53.2 Å². The van der Waals surface area contributed by atoms with Crippen LogP contribution in [0.2, 0.25) is 0 Å². The minimum atomic E-state index is -0.206. The monoisotopic (exact) mass is 448 g/mol. The fourth-order valence-electron chi connectivity index (χ4n) is 6.04. The number of hydrogen-bond donors (Lipinski definition) is 0. The maximum atomic E-state index is 13.3. The first-order valence-corrected chi connectivity index (χ1v) is 11.9. The van der Waals surface area contributed by atoms with Crippen LogP contribution in [0.1, 0.15) is 41.9 Å². The van der Waals surface area contributed by atoms with Crippen molar-refractivity contribution in [1.29, 1.82) is 0 Å². The van der Waals surface area contributed by atoms with Gasteiger partial charge in [-0.3, -0.25) is 4.90 Å². The second kappa shape index (κ2) is 7.55. The molecule has 1 amide bonds. The Labute approximate surface area is 197 Å². The highest BCUT2D eigenvalue weighted by atomic mass is 16.6. The smallest absolute Gasteiger partial charge is 0.410 e. The quantitative estimate of drug-likeness (QED) is 0.427. The first kappa shape index (κ1) is 19.5. The summed E-state index contributed by atoms with van der Waals surface area (Å²) in [6, 6.07) is 19.0. The third-order valence-electron chi connectivity index (χ3n) is 7.57. The fourth-order valence-corrected chi connectivity index (χ4v) is 6.04. The molecule has 1 fully saturated rings. The summed E-state index contributed by atoms with van der Waals surface area (Å²) in [5.74, 6) is 0.0785. The lowest BCUT2D eigenvalue weighted by molar-refractivity contribution is 0.0867. The summed E-state index contributed by atoms with van der Waals surface area (Å²) < 4.78 is 7.79. The molecule has 0 N–H and O–H groups in total. The van der Waals surface area contributed by atoms with Gasteiger partial charge in [0.05, 0.1) is 12.2 Å². The van der Waals surface area contributed by atoms with E-state index >= 15 is 0 Å². The van der Waals surface area contributed by atoms with E-state index in [-0.39, 0.29) is 24.1 Å². The third-order valence-corrected chi connectivity index (χ3v) is 7.57. The van der Waals surface area contributed by atoms with Gasteiger partial charge in [0.25, 0.3) is 0 Å². The molecule has 7 rings (SSSR count). The number of aromatic nitrogens is 3. The predicted octanol–water partition coefficient (Wildman–Crippen LogP) is 5.30. The van der Waals surface area contributed by atoms with E-state index in [4.69, 9.17) is 4.74 Å². The Kier molecular flexibility index (Phi) is 4.34. The average Bonchev–Trinajstić information content (AvgIpc) is 3.53. The molecule has 4 heterocycles. The van der Waals surface area contributed by atoms with Crippen molar-refractivity contribution >= 4 is 17.3 Å². The van der Waals surface area contributed by atoms with Gasteiger partial charge in [0, 0.05) is 29.9 Å². The van der Waals surface area contributed by atoms with E-state index < -0.39 is 0 Å². The maximum absolute atomic E-state index is 13.3. The number of ether oxygens (including phenoxy) is 1. The van der Waals surface area contributed by atoms with E-state index in [0.717, 1.165) is 30.5 Å². The van der Waals surface area contributed by atoms with Crippen molar-refractivity contribution in [2.45, 2.75) is 37.3 Å². The fraction of sp³-hybridized carbons (Fsp3) is 0.250. The van der Waals surface area contributed by atoms with E-state index in [1.54, 1.807) is 10.7 Å². The first-order valence-electron chi connectivity index (χ1n) is 11.9. The molecule has 1 saturated heterocycles. The number of carbonyl (C=O) groups excluding carboxylic acids is 1. The number of amides is 1. The molecule has 2 aromatic carbocycles. The molecule has 4 aromatic rings. The molecule has 2 unspecified atom stereocenters. The molecule has 0 saturated carbocycles. The molecular weight excluding hydrogens is 424 g/mol. The Bertz CT molecular complexity index is 1410. The Morgan fingerprint density at radius 1 is 0.971 bits per heavy atom. The van der Waals surface area contributed by atoms with Gasteiger partial charge in [-0.15, -0.1) is 0 Å². The van der Waals surface area contributed by atoms with Crippen molar-refractivity contribution in [3.8, 4) is 11.1 Å². The molecule has 1 aliphatic carbocycles. The highest BCUT2D eigenvalue weighted by Gasteiger charge is 2.41. The second-order valence-corrected chi connectivity index (χ2v) is 9.35. The van der Waals surface area contributed by atoms with Crippen molar-refractivity contribution in [2.75, 3.05) is 6.61 Å². The van der Waals surface area contributed by atoms with Crippen LogP contribution in [0.25, 0.3) is 22.3 Å². The lowest BCUT2D eigenvalue weighted by atomic mass is 9.96. The topological polar surface area (TPSA) is 59.7 Å². The van der Waals surface area contributed by atoms with E-state index in [2.05, 4.69) is 64.7 Å². The lowest BCUT2D eigenvalue weighted by Crippen LogP contribution is -2.43. The van der Waals surface area contributed by atoms with Crippen LogP contribution >= 0.6 is 0 Å². The van der Waals surface area contributed by atoms with Gasteiger partial charge >= 0.3 is 6.09 Å².